The topological polar surface area (TPSA) is 63.6 Å². The third-order valence-electron chi connectivity index (χ3n) is 7.41. The van der Waals surface area contributed by atoms with Crippen LogP contribution in [0.2, 0.25) is 0 Å². The summed E-state index contributed by atoms with van der Waals surface area (Å²) in [5, 5.41) is 4.26. The fourth-order valence-electron chi connectivity index (χ4n) is 5.55. The number of fused-ring (bicyclic) bond motifs is 5. The van der Waals surface area contributed by atoms with Gasteiger partial charge in [0.1, 0.15) is 5.00 Å². The largest absolute Gasteiger partial charge is 0.465 e. The average Bonchev–Trinajstić information content (AvgIpc) is 3.51. The average molecular weight is 512 g/mol. The number of carbonyl (C=O) groups excluding carboxylic acids is 2. The van der Waals surface area contributed by atoms with Gasteiger partial charge in [-0.3, -0.25) is 0 Å². The zero-order valence-electron chi connectivity index (χ0n) is 21.0. The molecule has 0 saturated carbocycles. The molecule has 1 atom stereocenters. The quantitative estimate of drug-likeness (QED) is 0.313. The molecule has 0 fully saturated rings. The van der Waals surface area contributed by atoms with Crippen molar-refractivity contribution in [2.24, 2.45) is 0 Å². The summed E-state index contributed by atoms with van der Waals surface area (Å²) in [6.07, 6.45) is 6.66. The molecule has 0 saturated heterocycles. The Morgan fingerprint density at radius 1 is 0.973 bits per heavy atom. The lowest BCUT2D eigenvalue weighted by Gasteiger charge is -2.31. The number of rotatable bonds is 3. The van der Waals surface area contributed by atoms with Crippen molar-refractivity contribution in [2.75, 3.05) is 12.4 Å². The molecule has 7 heteroatoms. The number of aryl methyl sites for hydroxylation is 2. The number of methoxy groups -OCH3 is 1. The van der Waals surface area contributed by atoms with Crippen LogP contribution in [0.1, 0.15) is 62.1 Å². The molecule has 6 nitrogen and oxygen atoms in total. The number of thiophene rings is 1. The molecule has 37 heavy (non-hydrogen) atoms. The van der Waals surface area contributed by atoms with Gasteiger partial charge in [0.2, 0.25) is 0 Å². The van der Waals surface area contributed by atoms with E-state index in [1.165, 1.54) is 46.5 Å². The summed E-state index contributed by atoms with van der Waals surface area (Å²) < 4.78 is 7.23. The van der Waals surface area contributed by atoms with Gasteiger partial charge in [0, 0.05) is 16.6 Å². The first-order valence-electron chi connectivity index (χ1n) is 12.7. The summed E-state index contributed by atoms with van der Waals surface area (Å²) in [6, 6.07) is 19.0. The van der Waals surface area contributed by atoms with Crippen LogP contribution in [0.25, 0.3) is 5.00 Å². The maximum absolute atomic E-state index is 14.1. The first kappa shape index (κ1) is 23.6. The molecular weight excluding hydrogens is 482 g/mol. The van der Waals surface area contributed by atoms with Crippen molar-refractivity contribution >= 4 is 29.0 Å². The number of nitrogens with zero attached hydrogens (tertiary/aromatic N) is 2. The highest BCUT2D eigenvalue weighted by molar-refractivity contribution is 7.15. The van der Waals surface area contributed by atoms with Crippen LogP contribution in [0.3, 0.4) is 0 Å². The van der Waals surface area contributed by atoms with Gasteiger partial charge in [-0.15, -0.1) is 11.3 Å². The first-order chi connectivity index (χ1) is 18.0. The minimum atomic E-state index is -0.482. The fraction of sp³-hybridized carbons (Fsp3) is 0.267. The predicted octanol–water partition coefficient (Wildman–Crippen LogP) is 6.65. The van der Waals surface area contributed by atoms with Crippen LogP contribution in [0.15, 0.2) is 66.9 Å². The van der Waals surface area contributed by atoms with Crippen LogP contribution in [-0.2, 0) is 24.1 Å². The first-order valence-corrected chi connectivity index (χ1v) is 13.5. The third kappa shape index (κ3) is 4.13. The molecule has 1 aliphatic carbocycles. The lowest BCUT2D eigenvalue weighted by molar-refractivity contribution is 0.0602. The number of para-hydroxylation sites is 1. The second-order valence-electron chi connectivity index (χ2n) is 9.71. The highest BCUT2D eigenvalue weighted by Crippen LogP contribution is 2.44. The normalized spacial score (nSPS) is 16.3. The predicted molar refractivity (Wildman–Crippen MR) is 146 cm³/mol. The number of anilines is 1. The summed E-state index contributed by atoms with van der Waals surface area (Å²) in [5.74, 6) is -0.482. The standard InChI is InChI=1S/C30H29N3O3S/c1-19-13-15-20(16-14-19)27-25-11-7-17-32(25)28-23(21-8-4-6-12-26(21)37-28)18-33(27)30(35)31-24-10-5-3-9-22(24)29(34)36-2/h3,5,7,9-11,13-17,27H,4,6,8,12,18H2,1-2H3,(H,31,35)/t27-/m1/s1. The molecule has 1 N–H and O–H groups in total. The Kier molecular flexibility index (Phi) is 6.08. The molecule has 2 aromatic carbocycles. The molecule has 2 amide bonds. The SMILES string of the molecule is COC(=O)c1ccccc1NC(=O)N1Cc2c(sc3c2CCCC3)-n2cccc2[C@H]1c1ccc(C)cc1. The van der Waals surface area contributed by atoms with Gasteiger partial charge in [0.05, 0.1) is 36.6 Å². The number of hydrogen-bond donors (Lipinski definition) is 1. The number of urea groups is 1. The Labute approximate surface area is 220 Å². The van der Waals surface area contributed by atoms with Crippen molar-refractivity contribution in [1.82, 2.24) is 9.47 Å². The highest BCUT2D eigenvalue weighted by Gasteiger charge is 2.36. The van der Waals surface area contributed by atoms with Gasteiger partial charge in [-0.1, -0.05) is 42.0 Å². The molecule has 2 aliphatic rings. The van der Waals surface area contributed by atoms with Crippen LogP contribution < -0.4 is 5.32 Å². The molecule has 6 rings (SSSR count). The molecule has 3 heterocycles. The van der Waals surface area contributed by atoms with E-state index in [1.54, 1.807) is 24.3 Å². The summed E-state index contributed by atoms with van der Waals surface area (Å²) in [7, 11) is 1.35. The Morgan fingerprint density at radius 3 is 2.57 bits per heavy atom. The lowest BCUT2D eigenvalue weighted by atomic mass is 9.95. The van der Waals surface area contributed by atoms with Gasteiger partial charge in [-0.2, -0.15) is 0 Å². The number of carbonyl (C=O) groups is 2. The van der Waals surface area contributed by atoms with Crippen molar-refractivity contribution in [3.63, 3.8) is 0 Å². The zero-order chi connectivity index (χ0) is 25.5. The van der Waals surface area contributed by atoms with Crippen LogP contribution in [0.5, 0.6) is 0 Å². The fourth-order valence-corrected chi connectivity index (χ4v) is 6.96. The maximum Gasteiger partial charge on any atom is 0.339 e. The summed E-state index contributed by atoms with van der Waals surface area (Å²) in [6.45, 7) is 2.56. The second kappa shape index (κ2) is 9.56. The van der Waals surface area contributed by atoms with Gasteiger partial charge < -0.3 is 19.5 Å². The van der Waals surface area contributed by atoms with Gasteiger partial charge in [-0.25, -0.2) is 9.59 Å². The molecule has 0 unspecified atom stereocenters. The third-order valence-corrected chi connectivity index (χ3v) is 8.74. The Hall–Kier alpha value is -3.84. The van der Waals surface area contributed by atoms with Gasteiger partial charge in [0.15, 0.2) is 0 Å². The molecule has 188 valence electrons. The van der Waals surface area contributed by atoms with E-state index in [2.05, 4.69) is 59.4 Å². The lowest BCUT2D eigenvalue weighted by Crippen LogP contribution is -2.38. The van der Waals surface area contributed by atoms with E-state index in [4.69, 9.17) is 4.74 Å². The molecule has 1 aliphatic heterocycles. The minimum Gasteiger partial charge on any atom is -0.465 e. The number of amides is 2. The Morgan fingerprint density at radius 2 is 1.76 bits per heavy atom. The van der Waals surface area contributed by atoms with E-state index < -0.39 is 5.97 Å². The number of ether oxygens (including phenoxy) is 1. The zero-order valence-corrected chi connectivity index (χ0v) is 21.8. The molecule has 2 aromatic heterocycles. The summed E-state index contributed by atoms with van der Waals surface area (Å²) in [5.41, 5.74) is 6.69. The van der Waals surface area contributed by atoms with Gasteiger partial charge >= 0.3 is 12.0 Å². The number of benzene rings is 2. The minimum absolute atomic E-state index is 0.252. The van der Waals surface area contributed by atoms with Crippen molar-refractivity contribution in [3.05, 3.63) is 105 Å². The summed E-state index contributed by atoms with van der Waals surface area (Å²) in [4.78, 5) is 29.9. The molecule has 0 radical (unpaired) electrons. The van der Waals surface area contributed by atoms with Gasteiger partial charge in [-0.05, 0) is 68.0 Å². The highest BCUT2D eigenvalue weighted by atomic mass is 32.1. The van der Waals surface area contributed by atoms with E-state index in [9.17, 15) is 9.59 Å². The van der Waals surface area contributed by atoms with Gasteiger partial charge in [0.25, 0.3) is 0 Å². The van der Waals surface area contributed by atoms with Crippen molar-refractivity contribution in [2.45, 2.75) is 45.2 Å². The van der Waals surface area contributed by atoms with Crippen LogP contribution in [-0.4, -0.2) is 28.6 Å². The number of aromatic nitrogens is 1. The number of esters is 1. The van der Waals surface area contributed by atoms with E-state index in [0.717, 1.165) is 24.1 Å². The second-order valence-corrected chi connectivity index (χ2v) is 10.8. The number of nitrogens with one attached hydrogen (secondary N) is 1. The monoisotopic (exact) mass is 511 g/mol. The van der Waals surface area contributed by atoms with Crippen LogP contribution in [0, 0.1) is 6.92 Å². The van der Waals surface area contributed by atoms with E-state index in [1.807, 2.05) is 16.2 Å². The summed E-state index contributed by atoms with van der Waals surface area (Å²) >= 11 is 1.87. The Balaban J connectivity index is 1.48. The van der Waals surface area contributed by atoms with E-state index >= 15 is 0 Å². The van der Waals surface area contributed by atoms with Crippen LogP contribution in [0.4, 0.5) is 10.5 Å². The van der Waals surface area contributed by atoms with Crippen molar-refractivity contribution < 1.29 is 14.3 Å². The molecule has 0 spiro atoms. The molecule has 4 aromatic rings. The Bertz CT molecular complexity index is 1480. The molecule has 0 bridgehead atoms. The smallest absolute Gasteiger partial charge is 0.339 e. The number of hydrogen-bond acceptors (Lipinski definition) is 4. The van der Waals surface area contributed by atoms with Crippen LogP contribution >= 0.6 is 11.3 Å². The van der Waals surface area contributed by atoms with Crippen molar-refractivity contribution in [3.8, 4) is 5.00 Å². The molecular formula is C30H29N3O3S. The van der Waals surface area contributed by atoms with E-state index in [0.29, 0.717) is 17.8 Å². The van der Waals surface area contributed by atoms with E-state index in [-0.39, 0.29) is 12.1 Å². The van der Waals surface area contributed by atoms with Crippen molar-refractivity contribution in [1.29, 1.82) is 0 Å². The maximum atomic E-state index is 14.1.